The highest BCUT2D eigenvalue weighted by atomic mass is 19.1. The van der Waals surface area contributed by atoms with Gasteiger partial charge in [-0.1, -0.05) is 0 Å². The fourth-order valence-corrected chi connectivity index (χ4v) is 2.48. The van der Waals surface area contributed by atoms with Crippen molar-refractivity contribution in [2.24, 2.45) is 5.73 Å². The topological polar surface area (TPSA) is 44.5 Å². The maximum atomic E-state index is 12.8. The molecule has 1 saturated carbocycles. The number of hydrogen-bond donors (Lipinski definition) is 1. The molecule has 3 rings (SSSR count). The van der Waals surface area contributed by atoms with Crippen LogP contribution in [-0.2, 0) is 12.2 Å². The van der Waals surface area contributed by atoms with Crippen molar-refractivity contribution in [2.45, 2.75) is 31.5 Å². The van der Waals surface area contributed by atoms with Gasteiger partial charge in [-0.25, -0.2) is 4.39 Å². The second kappa shape index (κ2) is 3.88. The number of fused-ring (bicyclic) bond motifs is 1. The van der Waals surface area contributed by atoms with E-state index in [1.54, 1.807) is 6.07 Å². The molecule has 1 aliphatic carbocycles. The van der Waals surface area contributed by atoms with Crippen LogP contribution in [0.3, 0.4) is 0 Å². The quantitative estimate of drug-likeness (QED) is 0.858. The molecule has 1 aliphatic heterocycles. The van der Waals surface area contributed by atoms with Crippen molar-refractivity contribution < 1.29 is 13.9 Å². The van der Waals surface area contributed by atoms with E-state index in [0.29, 0.717) is 24.5 Å². The first kappa shape index (κ1) is 10.8. The maximum absolute atomic E-state index is 12.8. The second-order valence-corrected chi connectivity index (χ2v) is 4.81. The summed E-state index contributed by atoms with van der Waals surface area (Å²) in [5, 5.41) is 0. The lowest BCUT2D eigenvalue weighted by Crippen LogP contribution is -2.44. The van der Waals surface area contributed by atoms with Gasteiger partial charge in [-0.2, -0.15) is 0 Å². The van der Waals surface area contributed by atoms with Crippen LogP contribution in [-0.4, -0.2) is 13.2 Å². The molecule has 0 amide bonds. The molecule has 0 bridgehead atoms. The molecule has 0 saturated heterocycles. The Morgan fingerprint density at radius 3 is 2.65 bits per heavy atom. The number of rotatable bonds is 2. The molecular weight excluding hydrogens is 221 g/mol. The Labute approximate surface area is 99.7 Å². The van der Waals surface area contributed by atoms with Crippen LogP contribution in [0, 0.1) is 0 Å². The summed E-state index contributed by atoms with van der Waals surface area (Å²) in [7, 11) is 0. The van der Waals surface area contributed by atoms with Crippen LogP contribution >= 0.6 is 0 Å². The Kier molecular flexibility index (Phi) is 2.47. The molecule has 0 radical (unpaired) electrons. The van der Waals surface area contributed by atoms with Gasteiger partial charge in [-0.3, -0.25) is 0 Å². The Morgan fingerprint density at radius 2 is 2.00 bits per heavy atom. The summed E-state index contributed by atoms with van der Waals surface area (Å²) < 4.78 is 24.0. The van der Waals surface area contributed by atoms with Gasteiger partial charge in [0.1, 0.15) is 19.9 Å². The Morgan fingerprint density at radius 1 is 1.24 bits per heavy atom. The van der Waals surface area contributed by atoms with Crippen LogP contribution in [0.1, 0.15) is 30.4 Å². The van der Waals surface area contributed by atoms with Gasteiger partial charge in [-0.15, -0.1) is 0 Å². The van der Waals surface area contributed by atoms with Crippen molar-refractivity contribution in [1.29, 1.82) is 0 Å². The Hall–Kier alpha value is -1.29. The van der Waals surface area contributed by atoms with Crippen LogP contribution < -0.4 is 15.2 Å². The van der Waals surface area contributed by atoms with E-state index in [4.69, 9.17) is 15.2 Å². The Balaban J connectivity index is 2.11. The maximum Gasteiger partial charge on any atom is 0.166 e. The lowest BCUT2D eigenvalue weighted by atomic mass is 9.72. The van der Waals surface area contributed by atoms with Gasteiger partial charge in [0, 0.05) is 11.1 Å². The van der Waals surface area contributed by atoms with Gasteiger partial charge in [0.15, 0.2) is 11.5 Å². The third kappa shape index (κ3) is 1.67. The number of alkyl halides is 1. The summed E-state index contributed by atoms with van der Waals surface area (Å²) in [4.78, 5) is 0. The summed E-state index contributed by atoms with van der Waals surface area (Å²) in [6, 6.07) is 3.53. The van der Waals surface area contributed by atoms with E-state index in [9.17, 15) is 4.39 Å². The minimum Gasteiger partial charge on any atom is -0.486 e. The first-order valence-electron chi connectivity index (χ1n) is 6.01. The number of hydrogen-bond acceptors (Lipinski definition) is 3. The molecule has 0 spiro atoms. The molecule has 0 aromatic heterocycles. The van der Waals surface area contributed by atoms with Crippen LogP contribution in [0.15, 0.2) is 12.1 Å². The zero-order chi connectivity index (χ0) is 11.9. The predicted octanol–water partition coefficient (Wildman–Crippen LogP) is 2.27. The normalized spacial score (nSPS) is 20.8. The van der Waals surface area contributed by atoms with Gasteiger partial charge in [0.25, 0.3) is 0 Å². The molecule has 1 aromatic rings. The number of halogens is 1. The largest absolute Gasteiger partial charge is 0.486 e. The molecule has 1 heterocycles. The lowest BCUT2D eigenvalue weighted by Gasteiger charge is -2.40. The standard InChI is InChI=1S/C13H16FNO2/c14-8-9-6-10(13(15)2-1-3-13)12-11(7-9)16-4-5-17-12/h6-7H,1-5,8,15H2. The highest BCUT2D eigenvalue weighted by Crippen LogP contribution is 2.47. The van der Waals surface area contributed by atoms with Crippen LogP contribution in [0.25, 0.3) is 0 Å². The van der Waals surface area contributed by atoms with E-state index < -0.39 is 6.67 Å². The number of benzene rings is 1. The van der Waals surface area contributed by atoms with Crippen molar-refractivity contribution in [1.82, 2.24) is 0 Å². The van der Waals surface area contributed by atoms with Crippen molar-refractivity contribution in [3.63, 3.8) is 0 Å². The molecular formula is C13H16FNO2. The minimum absolute atomic E-state index is 0.351. The smallest absolute Gasteiger partial charge is 0.166 e. The molecule has 1 aromatic carbocycles. The molecule has 1 fully saturated rings. The molecule has 92 valence electrons. The van der Waals surface area contributed by atoms with E-state index in [2.05, 4.69) is 0 Å². The Bertz CT molecular complexity index is 443. The SMILES string of the molecule is NC1(c2cc(CF)cc3c2OCCO3)CCC1. The first-order chi connectivity index (χ1) is 8.23. The third-order valence-corrected chi connectivity index (χ3v) is 3.64. The van der Waals surface area contributed by atoms with Gasteiger partial charge in [0.2, 0.25) is 0 Å². The van der Waals surface area contributed by atoms with Gasteiger partial charge < -0.3 is 15.2 Å². The van der Waals surface area contributed by atoms with E-state index >= 15 is 0 Å². The zero-order valence-electron chi connectivity index (χ0n) is 9.67. The number of ether oxygens (including phenoxy) is 2. The van der Waals surface area contributed by atoms with Crippen molar-refractivity contribution in [3.05, 3.63) is 23.3 Å². The molecule has 17 heavy (non-hydrogen) atoms. The van der Waals surface area contributed by atoms with Crippen LogP contribution in [0.5, 0.6) is 11.5 Å². The van der Waals surface area contributed by atoms with E-state index in [1.165, 1.54) is 0 Å². The zero-order valence-corrected chi connectivity index (χ0v) is 9.67. The fourth-order valence-electron chi connectivity index (χ4n) is 2.48. The van der Waals surface area contributed by atoms with Gasteiger partial charge in [-0.05, 0) is 37.0 Å². The fraction of sp³-hybridized carbons (Fsp3) is 0.538. The van der Waals surface area contributed by atoms with Crippen molar-refractivity contribution in [2.75, 3.05) is 13.2 Å². The van der Waals surface area contributed by atoms with Crippen LogP contribution in [0.2, 0.25) is 0 Å². The van der Waals surface area contributed by atoms with E-state index in [-0.39, 0.29) is 5.54 Å². The highest BCUT2D eigenvalue weighted by molar-refractivity contribution is 5.53. The molecule has 2 aliphatic rings. The average Bonchev–Trinajstić information content (AvgIpc) is 2.34. The monoisotopic (exact) mass is 237 g/mol. The second-order valence-electron chi connectivity index (χ2n) is 4.81. The third-order valence-electron chi connectivity index (χ3n) is 3.64. The molecule has 2 N–H and O–H groups in total. The van der Waals surface area contributed by atoms with Gasteiger partial charge >= 0.3 is 0 Å². The molecule has 3 nitrogen and oxygen atoms in total. The van der Waals surface area contributed by atoms with Crippen molar-refractivity contribution in [3.8, 4) is 11.5 Å². The number of nitrogens with two attached hydrogens (primary N) is 1. The van der Waals surface area contributed by atoms with E-state index in [1.807, 2.05) is 6.07 Å². The minimum atomic E-state index is -0.500. The van der Waals surface area contributed by atoms with Gasteiger partial charge in [0.05, 0.1) is 0 Å². The summed E-state index contributed by atoms with van der Waals surface area (Å²) in [6.45, 7) is 0.546. The molecule has 0 unspecified atom stereocenters. The first-order valence-corrected chi connectivity index (χ1v) is 6.01. The summed E-state index contributed by atoms with van der Waals surface area (Å²) in [6.07, 6.45) is 2.98. The lowest BCUT2D eigenvalue weighted by molar-refractivity contribution is 0.159. The predicted molar refractivity (Wildman–Crippen MR) is 62.0 cm³/mol. The molecule has 0 atom stereocenters. The summed E-state index contributed by atoms with van der Waals surface area (Å²) in [5.41, 5.74) is 7.49. The average molecular weight is 237 g/mol. The van der Waals surface area contributed by atoms with Crippen molar-refractivity contribution >= 4 is 0 Å². The van der Waals surface area contributed by atoms with Crippen LogP contribution in [0.4, 0.5) is 4.39 Å². The van der Waals surface area contributed by atoms with E-state index in [0.717, 1.165) is 30.6 Å². The summed E-state index contributed by atoms with van der Waals surface area (Å²) >= 11 is 0. The summed E-state index contributed by atoms with van der Waals surface area (Å²) in [5.74, 6) is 1.36. The molecule has 4 heteroatoms. The highest BCUT2D eigenvalue weighted by Gasteiger charge is 2.38.